The fourth-order valence-electron chi connectivity index (χ4n) is 4.49. The number of amides is 1. The molecule has 0 aliphatic heterocycles. The second kappa shape index (κ2) is 9.46. The fourth-order valence-corrected chi connectivity index (χ4v) is 5.38. The molecular weight excluding hydrogens is 463 g/mol. The summed E-state index contributed by atoms with van der Waals surface area (Å²) in [6.07, 6.45) is 0.320. The van der Waals surface area contributed by atoms with Gasteiger partial charge in [-0.1, -0.05) is 25.1 Å². The lowest BCUT2D eigenvalue weighted by Crippen LogP contribution is -2.22. The molecule has 7 heteroatoms. The number of aromatic nitrogens is 1. The van der Waals surface area contributed by atoms with E-state index in [0.29, 0.717) is 12.0 Å². The van der Waals surface area contributed by atoms with E-state index >= 15 is 0 Å². The van der Waals surface area contributed by atoms with Crippen molar-refractivity contribution in [1.82, 2.24) is 9.88 Å². The predicted molar refractivity (Wildman–Crippen MR) is 139 cm³/mol. The van der Waals surface area contributed by atoms with E-state index in [1.54, 1.807) is 45.0 Å². The molecule has 1 heterocycles. The molecule has 4 aromatic rings. The van der Waals surface area contributed by atoms with Gasteiger partial charge < -0.3 is 9.88 Å². The number of benzene rings is 3. The first-order valence-corrected chi connectivity index (χ1v) is 13.5. The van der Waals surface area contributed by atoms with Crippen LogP contribution in [0.15, 0.2) is 65.6 Å². The molecule has 0 aliphatic rings. The maximum absolute atomic E-state index is 14.3. The highest BCUT2D eigenvalue weighted by atomic mass is 32.2. The third kappa shape index (κ3) is 5.25. The predicted octanol–water partition coefficient (Wildman–Crippen LogP) is 5.83. The van der Waals surface area contributed by atoms with E-state index in [1.165, 1.54) is 0 Å². The highest BCUT2D eigenvalue weighted by Crippen LogP contribution is 2.32. The minimum Gasteiger partial charge on any atom is -0.348 e. The van der Waals surface area contributed by atoms with E-state index in [4.69, 9.17) is 0 Å². The number of halogens is 1. The van der Waals surface area contributed by atoms with Crippen LogP contribution in [-0.4, -0.2) is 30.3 Å². The van der Waals surface area contributed by atoms with E-state index in [2.05, 4.69) is 16.8 Å². The van der Waals surface area contributed by atoms with Crippen LogP contribution in [0.2, 0.25) is 0 Å². The van der Waals surface area contributed by atoms with E-state index in [9.17, 15) is 17.6 Å². The number of alkyl halides is 1. The third-order valence-corrected chi connectivity index (χ3v) is 8.00. The van der Waals surface area contributed by atoms with Crippen molar-refractivity contribution in [3.63, 3.8) is 0 Å². The van der Waals surface area contributed by atoms with Crippen molar-refractivity contribution in [3.8, 4) is 0 Å². The second-order valence-electron chi connectivity index (χ2n) is 9.45. The average molecular weight is 495 g/mol. The number of hydrogen-bond donors (Lipinski definition) is 1. The minimum atomic E-state index is -3.25. The molecule has 0 saturated carbocycles. The summed E-state index contributed by atoms with van der Waals surface area (Å²) in [6, 6.07) is 18.3. The van der Waals surface area contributed by atoms with Gasteiger partial charge in [0.2, 0.25) is 0 Å². The zero-order chi connectivity index (χ0) is 25.4. The zero-order valence-electron chi connectivity index (χ0n) is 20.6. The van der Waals surface area contributed by atoms with Crippen molar-refractivity contribution in [1.29, 1.82) is 0 Å². The van der Waals surface area contributed by atoms with Crippen molar-refractivity contribution in [2.75, 3.05) is 5.75 Å². The van der Waals surface area contributed by atoms with Gasteiger partial charge in [-0.25, -0.2) is 12.8 Å². The van der Waals surface area contributed by atoms with Gasteiger partial charge >= 0.3 is 0 Å². The smallest absolute Gasteiger partial charge is 0.251 e. The maximum atomic E-state index is 14.3. The molecule has 0 aliphatic carbocycles. The molecule has 0 atom stereocenters. The number of nitrogens with one attached hydrogen (secondary N) is 1. The molecule has 5 nitrogen and oxygen atoms in total. The van der Waals surface area contributed by atoms with Crippen LogP contribution < -0.4 is 5.32 Å². The Morgan fingerprint density at radius 3 is 2.11 bits per heavy atom. The van der Waals surface area contributed by atoms with Crippen LogP contribution in [0.5, 0.6) is 0 Å². The first-order valence-electron chi connectivity index (χ1n) is 11.9. The molecule has 0 fully saturated rings. The topological polar surface area (TPSA) is 68.2 Å². The molecule has 1 amide bonds. The van der Waals surface area contributed by atoms with Gasteiger partial charge in [0.15, 0.2) is 9.84 Å². The normalized spacial score (nSPS) is 12.4. The van der Waals surface area contributed by atoms with Gasteiger partial charge in [-0.2, -0.15) is 0 Å². The lowest BCUT2D eigenvalue weighted by Gasteiger charge is -2.14. The molecule has 0 unspecified atom stereocenters. The highest BCUT2D eigenvalue weighted by molar-refractivity contribution is 7.91. The van der Waals surface area contributed by atoms with E-state index in [-0.39, 0.29) is 23.1 Å². The number of nitrogens with zero attached hydrogens (tertiary/aromatic N) is 1. The zero-order valence-corrected chi connectivity index (χ0v) is 21.4. The van der Waals surface area contributed by atoms with Crippen LogP contribution in [0.4, 0.5) is 4.39 Å². The number of sulfone groups is 1. The van der Waals surface area contributed by atoms with Gasteiger partial charge in [-0.05, 0) is 74.4 Å². The van der Waals surface area contributed by atoms with E-state index < -0.39 is 15.5 Å². The van der Waals surface area contributed by atoms with Crippen LogP contribution >= 0.6 is 0 Å². The molecule has 0 bridgehead atoms. The Balaban J connectivity index is 1.61. The van der Waals surface area contributed by atoms with Crippen LogP contribution in [-0.2, 0) is 29.3 Å². The molecule has 0 radical (unpaired) electrons. The van der Waals surface area contributed by atoms with Crippen molar-refractivity contribution in [3.05, 3.63) is 77.4 Å². The van der Waals surface area contributed by atoms with Crippen molar-refractivity contribution in [2.24, 2.45) is 0 Å². The van der Waals surface area contributed by atoms with Gasteiger partial charge in [-0.15, -0.1) is 0 Å². The fraction of sp³-hybridized carbons (Fsp3) is 0.321. The maximum Gasteiger partial charge on any atom is 0.251 e. The Morgan fingerprint density at radius 2 is 1.51 bits per heavy atom. The van der Waals surface area contributed by atoms with Gasteiger partial charge in [-0.3, -0.25) is 4.79 Å². The summed E-state index contributed by atoms with van der Waals surface area (Å²) in [7, 11) is -3.25. The Kier molecular flexibility index (Phi) is 6.73. The number of carbonyl (C=O) groups is 1. The molecule has 35 heavy (non-hydrogen) atoms. The lowest BCUT2D eigenvalue weighted by molar-refractivity contribution is 0.0951. The first-order chi connectivity index (χ1) is 16.5. The highest BCUT2D eigenvalue weighted by Gasteiger charge is 2.18. The standard InChI is InChI=1S/C28H31FN2O3S/c1-5-31-25-13-9-20(17-28(3,4)29)15-23(25)24-16-21(10-14-26(24)31)27(32)30-18-19-7-11-22(12-8-19)35(33,34)6-2/h7-16H,5-6,17-18H2,1-4H3,(H,30,32). The SMILES string of the molecule is CCn1c2ccc(CC(C)(C)F)cc2c2cc(C(=O)NCc3ccc(S(=O)(=O)CC)cc3)ccc21. The number of carbonyl (C=O) groups excluding carboxylic acids is 1. The van der Waals surface area contributed by atoms with Crippen LogP contribution in [0.1, 0.15) is 49.2 Å². The molecule has 3 aromatic carbocycles. The third-order valence-electron chi connectivity index (χ3n) is 6.25. The Hall–Kier alpha value is -3.19. The minimum absolute atomic E-state index is 0.0486. The quantitative estimate of drug-likeness (QED) is 0.335. The summed E-state index contributed by atoms with van der Waals surface area (Å²) >= 11 is 0. The van der Waals surface area contributed by atoms with Gasteiger partial charge in [0.05, 0.1) is 10.6 Å². The van der Waals surface area contributed by atoms with Gasteiger partial charge in [0.25, 0.3) is 5.91 Å². The number of fused-ring (bicyclic) bond motifs is 3. The van der Waals surface area contributed by atoms with Gasteiger partial charge in [0.1, 0.15) is 5.67 Å². The van der Waals surface area contributed by atoms with E-state index in [1.807, 2.05) is 36.4 Å². The molecule has 1 N–H and O–H groups in total. The summed E-state index contributed by atoms with van der Waals surface area (Å²) in [6.45, 7) is 7.91. The molecular formula is C28H31FN2O3S. The van der Waals surface area contributed by atoms with Crippen LogP contribution in [0, 0.1) is 0 Å². The lowest BCUT2D eigenvalue weighted by atomic mass is 9.98. The Morgan fingerprint density at radius 1 is 0.914 bits per heavy atom. The molecule has 0 spiro atoms. The summed E-state index contributed by atoms with van der Waals surface area (Å²) in [5, 5.41) is 4.88. The molecule has 0 saturated heterocycles. The largest absolute Gasteiger partial charge is 0.348 e. The van der Waals surface area contributed by atoms with Crippen molar-refractivity contribution >= 4 is 37.6 Å². The summed E-state index contributed by atoms with van der Waals surface area (Å²) < 4.78 is 40.4. The number of hydrogen-bond acceptors (Lipinski definition) is 3. The Bertz CT molecular complexity index is 1500. The average Bonchev–Trinajstić information content (AvgIpc) is 3.14. The first kappa shape index (κ1) is 24.9. The van der Waals surface area contributed by atoms with E-state index in [0.717, 1.165) is 39.5 Å². The number of rotatable bonds is 8. The molecule has 184 valence electrons. The summed E-state index contributed by atoms with van der Waals surface area (Å²) in [4.78, 5) is 13.2. The van der Waals surface area contributed by atoms with Gasteiger partial charge in [0, 0.05) is 46.9 Å². The van der Waals surface area contributed by atoms with Crippen molar-refractivity contribution < 1.29 is 17.6 Å². The number of aryl methyl sites for hydroxylation is 1. The Labute approximate surface area is 205 Å². The van der Waals surface area contributed by atoms with Crippen LogP contribution in [0.3, 0.4) is 0 Å². The summed E-state index contributed by atoms with van der Waals surface area (Å²) in [5.74, 6) is -0.164. The second-order valence-corrected chi connectivity index (χ2v) is 11.7. The van der Waals surface area contributed by atoms with Crippen molar-refractivity contribution in [2.45, 2.75) is 57.8 Å². The molecule has 4 rings (SSSR count). The monoisotopic (exact) mass is 494 g/mol. The molecule has 1 aromatic heterocycles. The summed E-state index contributed by atoms with van der Waals surface area (Å²) in [5.41, 5.74) is 3.06. The van der Waals surface area contributed by atoms with Crippen LogP contribution in [0.25, 0.3) is 21.8 Å².